The van der Waals surface area contributed by atoms with Crippen LogP contribution in [-0.2, 0) is 4.74 Å². The van der Waals surface area contributed by atoms with Crippen LogP contribution >= 0.6 is 0 Å². The minimum atomic E-state index is -4.60. The van der Waals surface area contributed by atoms with E-state index in [1.807, 2.05) is 20.8 Å². The molecule has 0 aromatic heterocycles. The molecule has 0 aromatic carbocycles. The second-order valence-corrected chi connectivity index (χ2v) is 2.87. The van der Waals surface area contributed by atoms with Gasteiger partial charge in [-0.15, -0.1) is 25.5 Å². The van der Waals surface area contributed by atoms with Gasteiger partial charge in [0.05, 0.1) is 0 Å². The highest BCUT2D eigenvalue weighted by atomic mass is 19.4. The molecule has 0 atom stereocenters. The fraction of sp³-hybridized carbons (Fsp3) is 0.571. The van der Waals surface area contributed by atoms with Crippen LogP contribution in [0.2, 0.25) is 0 Å². The number of halogens is 3. The maximum Gasteiger partial charge on any atom is 0.573 e. The van der Waals surface area contributed by atoms with Crippen LogP contribution < -0.4 is 0 Å². The van der Waals surface area contributed by atoms with Crippen molar-refractivity contribution in [2.24, 2.45) is 0 Å². The average Bonchev–Trinajstić information content (AvgIpc) is 2.30. The first-order chi connectivity index (χ1) is 8.30. The summed E-state index contributed by atoms with van der Waals surface area (Å²) < 4.78 is 39.0. The molecule has 0 bridgehead atoms. The summed E-state index contributed by atoms with van der Waals surface area (Å²) in [7, 11) is 0. The molecule has 0 radical (unpaired) electrons. The highest BCUT2D eigenvalue weighted by molar-refractivity contribution is 5.16. The van der Waals surface area contributed by atoms with Crippen LogP contribution in [0.15, 0.2) is 23.5 Å². The molecule has 0 saturated carbocycles. The molecule has 106 valence electrons. The summed E-state index contributed by atoms with van der Waals surface area (Å²) in [6, 6.07) is 0. The first-order valence-corrected chi connectivity index (χ1v) is 5.77. The van der Waals surface area contributed by atoms with Crippen molar-refractivity contribution in [2.45, 2.75) is 54.3 Å². The van der Waals surface area contributed by atoms with Gasteiger partial charge in [-0.05, 0) is 39.3 Å². The van der Waals surface area contributed by atoms with Gasteiger partial charge in [-0.1, -0.05) is 26.3 Å². The number of allylic oxidation sites excluding steroid dienone is 3. The zero-order valence-electron chi connectivity index (χ0n) is 12.0. The normalized spacial score (nSPS) is 11.3. The number of ether oxygens (including phenoxy) is 1. The Morgan fingerprint density at radius 3 is 1.94 bits per heavy atom. The van der Waals surface area contributed by atoms with Crippen molar-refractivity contribution in [1.29, 1.82) is 0 Å². The van der Waals surface area contributed by atoms with Crippen molar-refractivity contribution < 1.29 is 17.9 Å². The van der Waals surface area contributed by atoms with Gasteiger partial charge >= 0.3 is 6.36 Å². The largest absolute Gasteiger partial charge is 0.573 e. The molecule has 0 saturated heterocycles. The Hall–Kier alpha value is -1.37. The molecule has 0 aliphatic heterocycles. The number of terminal acetylenes is 1. The molecule has 0 fully saturated rings. The third-order valence-corrected chi connectivity index (χ3v) is 1.46. The van der Waals surface area contributed by atoms with E-state index in [9.17, 15) is 13.2 Å². The molecule has 4 heteroatoms. The van der Waals surface area contributed by atoms with Crippen LogP contribution in [0.4, 0.5) is 13.2 Å². The Balaban J connectivity index is -0.000000389. The van der Waals surface area contributed by atoms with Crippen molar-refractivity contribution in [3.05, 3.63) is 23.5 Å². The summed E-state index contributed by atoms with van der Waals surface area (Å²) in [4.78, 5) is 0. The van der Waals surface area contributed by atoms with E-state index in [1.165, 1.54) is 19.1 Å². The van der Waals surface area contributed by atoms with Crippen molar-refractivity contribution in [3.8, 4) is 12.3 Å². The highest BCUT2D eigenvalue weighted by Gasteiger charge is 2.31. The number of hydrogen-bond acceptors (Lipinski definition) is 1. The monoisotopic (exact) mass is 264 g/mol. The van der Waals surface area contributed by atoms with Crippen LogP contribution in [0.3, 0.4) is 0 Å². The van der Waals surface area contributed by atoms with Gasteiger partial charge in [0.25, 0.3) is 0 Å². The third-order valence-electron chi connectivity index (χ3n) is 1.46. The molecule has 0 amide bonds. The van der Waals surface area contributed by atoms with Crippen molar-refractivity contribution in [1.82, 2.24) is 0 Å². The van der Waals surface area contributed by atoms with Gasteiger partial charge in [-0.3, -0.25) is 0 Å². The Morgan fingerprint density at radius 1 is 1.33 bits per heavy atom. The minimum Gasteiger partial charge on any atom is -0.406 e. The predicted molar refractivity (Wildman–Crippen MR) is 70.8 cm³/mol. The summed E-state index contributed by atoms with van der Waals surface area (Å²) >= 11 is 0. The van der Waals surface area contributed by atoms with E-state index >= 15 is 0 Å². The van der Waals surface area contributed by atoms with E-state index in [0.717, 1.165) is 5.57 Å². The topological polar surface area (TPSA) is 9.23 Å². The van der Waals surface area contributed by atoms with E-state index in [-0.39, 0.29) is 5.76 Å². The van der Waals surface area contributed by atoms with E-state index in [4.69, 9.17) is 0 Å². The lowest BCUT2D eigenvalue weighted by molar-refractivity contribution is -0.303. The Kier molecular flexibility index (Phi) is 16.6. The first-order valence-electron chi connectivity index (χ1n) is 5.77. The summed E-state index contributed by atoms with van der Waals surface area (Å²) in [5.74, 6) is 2.09. The highest BCUT2D eigenvalue weighted by Crippen LogP contribution is 2.22. The second-order valence-electron chi connectivity index (χ2n) is 2.87. The lowest BCUT2D eigenvalue weighted by Crippen LogP contribution is -2.12. The lowest BCUT2D eigenvalue weighted by atomic mass is 10.2. The maximum absolute atomic E-state index is 11.8. The number of rotatable bonds is 3. The van der Waals surface area contributed by atoms with Gasteiger partial charge in [0.15, 0.2) is 0 Å². The zero-order chi connectivity index (χ0) is 15.2. The third kappa shape index (κ3) is 20.1. The predicted octanol–water partition coefficient (Wildman–Crippen LogP) is 5.45. The Bertz CT molecular complexity index is 280. The van der Waals surface area contributed by atoms with Gasteiger partial charge < -0.3 is 4.74 Å². The maximum atomic E-state index is 11.8. The summed E-state index contributed by atoms with van der Waals surface area (Å²) in [5.41, 5.74) is 0.845. The SMILES string of the molecule is C#CC.C/C=C(\C=C(/C)CC)OC(F)(F)F.CC. The molecule has 0 N–H and O–H groups in total. The van der Waals surface area contributed by atoms with Crippen LogP contribution in [0.5, 0.6) is 0 Å². The molecule has 0 aliphatic rings. The summed E-state index contributed by atoms with van der Waals surface area (Å²) in [6.07, 6.45) is 3.37. The van der Waals surface area contributed by atoms with Crippen LogP contribution in [0, 0.1) is 12.3 Å². The molecular formula is C14H23F3O. The van der Waals surface area contributed by atoms with Gasteiger partial charge in [-0.25, -0.2) is 0 Å². The summed E-state index contributed by atoms with van der Waals surface area (Å²) in [6.45, 7) is 10.8. The number of hydrogen-bond donors (Lipinski definition) is 0. The number of alkyl halides is 3. The van der Waals surface area contributed by atoms with Gasteiger partial charge in [0.2, 0.25) is 0 Å². The Labute approximate surface area is 109 Å². The molecule has 0 heterocycles. The van der Waals surface area contributed by atoms with Crippen LogP contribution in [0.25, 0.3) is 0 Å². The first kappa shape index (κ1) is 21.9. The van der Waals surface area contributed by atoms with E-state index in [1.54, 1.807) is 13.8 Å². The van der Waals surface area contributed by atoms with Crippen molar-refractivity contribution >= 4 is 0 Å². The minimum absolute atomic E-state index is 0.160. The molecule has 0 aromatic rings. The average molecular weight is 264 g/mol. The van der Waals surface area contributed by atoms with E-state index in [0.29, 0.717) is 6.42 Å². The standard InChI is InChI=1S/C9H13F3O.C3H4.C2H6/c1-4-7(3)6-8(5-2)13-9(10,11)12;1-3-2;1-2/h5-6H,4H2,1-3H3;1H,2H3;1-2H3/b7-6+,8-5+;;. The van der Waals surface area contributed by atoms with E-state index in [2.05, 4.69) is 17.1 Å². The zero-order valence-corrected chi connectivity index (χ0v) is 12.0. The smallest absolute Gasteiger partial charge is 0.406 e. The van der Waals surface area contributed by atoms with E-state index < -0.39 is 6.36 Å². The second kappa shape index (κ2) is 13.7. The van der Waals surface area contributed by atoms with Gasteiger partial charge in [0.1, 0.15) is 5.76 Å². The lowest BCUT2D eigenvalue weighted by Gasteiger charge is -2.09. The summed E-state index contributed by atoms with van der Waals surface area (Å²) in [5, 5.41) is 0. The van der Waals surface area contributed by atoms with Crippen molar-refractivity contribution in [2.75, 3.05) is 0 Å². The van der Waals surface area contributed by atoms with Gasteiger partial charge in [0, 0.05) is 0 Å². The molecule has 18 heavy (non-hydrogen) atoms. The molecule has 0 unspecified atom stereocenters. The fourth-order valence-electron chi connectivity index (χ4n) is 0.650. The molecule has 1 nitrogen and oxygen atoms in total. The van der Waals surface area contributed by atoms with Crippen molar-refractivity contribution in [3.63, 3.8) is 0 Å². The molecule has 0 aliphatic carbocycles. The molecule has 0 rings (SSSR count). The molecule has 0 spiro atoms. The molecular weight excluding hydrogens is 241 g/mol. The van der Waals surface area contributed by atoms with Crippen LogP contribution in [0.1, 0.15) is 48.0 Å². The Morgan fingerprint density at radius 2 is 1.72 bits per heavy atom. The van der Waals surface area contributed by atoms with Gasteiger partial charge in [-0.2, -0.15) is 0 Å². The van der Waals surface area contributed by atoms with Crippen LogP contribution in [-0.4, -0.2) is 6.36 Å². The quantitative estimate of drug-likeness (QED) is 0.374. The fourth-order valence-corrected chi connectivity index (χ4v) is 0.650.